The molecule has 2 amide bonds. The molecule has 30 heavy (non-hydrogen) atoms. The van der Waals surface area contributed by atoms with Gasteiger partial charge in [0.15, 0.2) is 12.7 Å². The maximum absolute atomic E-state index is 12.2. The molecular formula is C24H24N2O4. The lowest BCUT2D eigenvalue weighted by Gasteiger charge is -2.16. The Morgan fingerprint density at radius 2 is 1.47 bits per heavy atom. The third-order valence-corrected chi connectivity index (χ3v) is 4.42. The second-order valence-corrected chi connectivity index (χ2v) is 6.74. The first-order valence-electron chi connectivity index (χ1n) is 9.62. The van der Waals surface area contributed by atoms with Crippen LogP contribution in [-0.2, 0) is 9.59 Å². The van der Waals surface area contributed by atoms with Crippen LogP contribution in [0.2, 0.25) is 0 Å². The first-order chi connectivity index (χ1) is 14.5. The van der Waals surface area contributed by atoms with E-state index in [1.54, 1.807) is 25.1 Å². The van der Waals surface area contributed by atoms with Crippen molar-refractivity contribution in [2.45, 2.75) is 20.0 Å². The van der Waals surface area contributed by atoms with Crippen LogP contribution in [0, 0.1) is 6.92 Å². The molecule has 154 valence electrons. The van der Waals surface area contributed by atoms with E-state index in [1.807, 2.05) is 67.6 Å². The van der Waals surface area contributed by atoms with E-state index in [4.69, 9.17) is 9.47 Å². The van der Waals surface area contributed by atoms with E-state index in [1.165, 1.54) is 0 Å². The fourth-order valence-corrected chi connectivity index (χ4v) is 2.74. The molecule has 1 unspecified atom stereocenters. The maximum atomic E-state index is 12.2. The number of hydrazine groups is 1. The zero-order valence-electron chi connectivity index (χ0n) is 16.9. The Kier molecular flexibility index (Phi) is 7.05. The van der Waals surface area contributed by atoms with Gasteiger partial charge in [-0.1, -0.05) is 60.7 Å². The van der Waals surface area contributed by atoms with Gasteiger partial charge in [0, 0.05) is 0 Å². The Labute approximate surface area is 175 Å². The number of ether oxygens (including phenoxy) is 2. The van der Waals surface area contributed by atoms with Crippen LogP contribution in [0.5, 0.6) is 11.5 Å². The van der Waals surface area contributed by atoms with Crippen molar-refractivity contribution in [1.29, 1.82) is 0 Å². The number of aryl methyl sites for hydroxylation is 1. The van der Waals surface area contributed by atoms with Crippen molar-refractivity contribution >= 4 is 11.8 Å². The smallest absolute Gasteiger partial charge is 0.279 e. The Bertz CT molecular complexity index is 988. The number of hydrogen-bond acceptors (Lipinski definition) is 4. The van der Waals surface area contributed by atoms with Gasteiger partial charge < -0.3 is 9.47 Å². The summed E-state index contributed by atoms with van der Waals surface area (Å²) in [5, 5.41) is 0. The summed E-state index contributed by atoms with van der Waals surface area (Å²) in [4.78, 5) is 24.1. The molecule has 6 nitrogen and oxygen atoms in total. The highest BCUT2D eigenvalue weighted by atomic mass is 16.5. The molecule has 0 aliphatic rings. The minimum Gasteiger partial charge on any atom is -0.483 e. The molecule has 3 aromatic rings. The van der Waals surface area contributed by atoms with Gasteiger partial charge in [-0.25, -0.2) is 0 Å². The molecule has 6 heteroatoms. The molecular weight excluding hydrogens is 380 g/mol. The van der Waals surface area contributed by atoms with Gasteiger partial charge in [0.05, 0.1) is 0 Å². The van der Waals surface area contributed by atoms with Gasteiger partial charge >= 0.3 is 0 Å². The summed E-state index contributed by atoms with van der Waals surface area (Å²) in [6, 6.07) is 24.8. The summed E-state index contributed by atoms with van der Waals surface area (Å²) < 4.78 is 11.1. The van der Waals surface area contributed by atoms with Crippen LogP contribution in [0.4, 0.5) is 0 Å². The van der Waals surface area contributed by atoms with Gasteiger partial charge in [0.1, 0.15) is 11.5 Å². The van der Waals surface area contributed by atoms with Crippen molar-refractivity contribution in [1.82, 2.24) is 10.9 Å². The highest BCUT2D eigenvalue weighted by molar-refractivity contribution is 5.85. The summed E-state index contributed by atoms with van der Waals surface area (Å²) >= 11 is 0. The minimum atomic E-state index is -0.787. The number of amides is 2. The lowest BCUT2D eigenvalue weighted by Crippen LogP contribution is -2.48. The van der Waals surface area contributed by atoms with Gasteiger partial charge in [-0.15, -0.1) is 0 Å². The van der Waals surface area contributed by atoms with E-state index >= 15 is 0 Å². The third-order valence-electron chi connectivity index (χ3n) is 4.42. The highest BCUT2D eigenvalue weighted by Gasteiger charge is 2.15. The lowest BCUT2D eigenvalue weighted by atomic mass is 10.1. The Hall–Kier alpha value is -3.80. The molecule has 0 bridgehead atoms. The summed E-state index contributed by atoms with van der Waals surface area (Å²) in [5.74, 6) is 0.249. The Balaban J connectivity index is 1.44. The predicted octanol–water partition coefficient (Wildman–Crippen LogP) is 3.66. The van der Waals surface area contributed by atoms with Crippen molar-refractivity contribution in [3.05, 3.63) is 84.4 Å². The van der Waals surface area contributed by atoms with Gasteiger partial charge in [-0.2, -0.15) is 0 Å². The van der Waals surface area contributed by atoms with E-state index < -0.39 is 17.9 Å². The first kappa shape index (κ1) is 20.9. The SMILES string of the molecule is Cc1ccccc1OCC(=O)NNC(=O)C(C)Oc1ccc(-c2ccccc2)cc1. The molecule has 0 fully saturated rings. The molecule has 0 heterocycles. The molecule has 0 aliphatic heterocycles. The van der Waals surface area contributed by atoms with Crippen LogP contribution >= 0.6 is 0 Å². The van der Waals surface area contributed by atoms with Crippen LogP contribution < -0.4 is 20.3 Å². The Morgan fingerprint density at radius 3 is 2.17 bits per heavy atom. The number of carbonyl (C=O) groups excluding carboxylic acids is 2. The normalized spacial score (nSPS) is 11.3. The summed E-state index contributed by atoms with van der Waals surface area (Å²) in [6.07, 6.45) is -0.787. The van der Waals surface area contributed by atoms with Gasteiger partial charge in [0.25, 0.3) is 11.8 Å². The number of benzene rings is 3. The van der Waals surface area contributed by atoms with Crippen LogP contribution in [0.1, 0.15) is 12.5 Å². The molecule has 1 atom stereocenters. The fraction of sp³-hybridized carbons (Fsp3) is 0.167. The fourth-order valence-electron chi connectivity index (χ4n) is 2.74. The van der Waals surface area contributed by atoms with Crippen molar-refractivity contribution in [3.63, 3.8) is 0 Å². The van der Waals surface area contributed by atoms with Crippen molar-refractivity contribution in [2.24, 2.45) is 0 Å². The van der Waals surface area contributed by atoms with Gasteiger partial charge in [-0.3, -0.25) is 20.4 Å². The van der Waals surface area contributed by atoms with Crippen LogP contribution in [0.25, 0.3) is 11.1 Å². The number of para-hydroxylation sites is 1. The topological polar surface area (TPSA) is 76.7 Å². The van der Waals surface area contributed by atoms with E-state index in [-0.39, 0.29) is 6.61 Å². The average Bonchev–Trinajstić information content (AvgIpc) is 2.78. The van der Waals surface area contributed by atoms with Crippen molar-refractivity contribution < 1.29 is 19.1 Å². The summed E-state index contributed by atoms with van der Waals surface area (Å²) in [7, 11) is 0. The average molecular weight is 404 g/mol. The molecule has 3 rings (SSSR count). The molecule has 2 N–H and O–H groups in total. The van der Waals surface area contributed by atoms with Crippen molar-refractivity contribution in [2.75, 3.05) is 6.61 Å². The van der Waals surface area contributed by atoms with Crippen LogP contribution in [0.15, 0.2) is 78.9 Å². The Morgan fingerprint density at radius 1 is 0.833 bits per heavy atom. The van der Waals surface area contributed by atoms with Crippen molar-refractivity contribution in [3.8, 4) is 22.6 Å². The number of carbonyl (C=O) groups is 2. The van der Waals surface area contributed by atoms with E-state index in [9.17, 15) is 9.59 Å². The van der Waals surface area contributed by atoms with E-state index in [2.05, 4.69) is 10.9 Å². The van der Waals surface area contributed by atoms with Crippen LogP contribution in [0.3, 0.4) is 0 Å². The van der Waals surface area contributed by atoms with Crippen LogP contribution in [-0.4, -0.2) is 24.5 Å². The summed E-state index contributed by atoms with van der Waals surface area (Å²) in [5.41, 5.74) is 7.76. The van der Waals surface area contributed by atoms with Gasteiger partial charge in [-0.05, 0) is 48.7 Å². The zero-order chi connectivity index (χ0) is 21.3. The summed E-state index contributed by atoms with van der Waals surface area (Å²) in [6.45, 7) is 3.29. The number of nitrogens with one attached hydrogen (secondary N) is 2. The zero-order valence-corrected chi connectivity index (χ0v) is 16.9. The number of rotatable bonds is 7. The molecule has 0 saturated carbocycles. The molecule has 0 saturated heterocycles. The third kappa shape index (κ3) is 5.85. The van der Waals surface area contributed by atoms with E-state index in [0.29, 0.717) is 11.5 Å². The second kappa shape index (κ2) is 10.1. The standard InChI is InChI=1S/C24H24N2O4/c1-17-8-6-7-11-22(17)29-16-23(27)25-26-24(28)18(2)30-21-14-12-20(13-15-21)19-9-4-3-5-10-19/h3-15,18H,16H2,1-2H3,(H,25,27)(H,26,28). The second-order valence-electron chi connectivity index (χ2n) is 6.74. The molecule has 0 spiro atoms. The molecule has 0 radical (unpaired) electrons. The first-order valence-corrected chi connectivity index (χ1v) is 9.62. The minimum absolute atomic E-state index is 0.207. The largest absolute Gasteiger partial charge is 0.483 e. The lowest BCUT2D eigenvalue weighted by molar-refractivity contribution is -0.133. The molecule has 3 aromatic carbocycles. The van der Waals surface area contributed by atoms with Gasteiger partial charge in [0.2, 0.25) is 0 Å². The quantitative estimate of drug-likeness (QED) is 0.590. The highest BCUT2D eigenvalue weighted by Crippen LogP contribution is 2.22. The van der Waals surface area contributed by atoms with E-state index in [0.717, 1.165) is 16.7 Å². The molecule has 0 aliphatic carbocycles. The predicted molar refractivity (Wildman–Crippen MR) is 115 cm³/mol. The molecule has 0 aromatic heterocycles. The maximum Gasteiger partial charge on any atom is 0.279 e. The number of hydrogen-bond donors (Lipinski definition) is 2. The monoisotopic (exact) mass is 404 g/mol.